The van der Waals surface area contributed by atoms with Crippen LogP contribution in [0.1, 0.15) is 73.6 Å². The number of Topliss-reactive ketones (excluding diaryl/α,β-unsaturated/α-hetero) is 1. The molecule has 5 rings (SSSR count). The average Bonchev–Trinajstić information content (AvgIpc) is 2.94. The lowest BCUT2D eigenvalue weighted by atomic mass is 9.39. The number of fused-ring (bicyclic) bond motifs is 5. The number of ether oxygens (including phenoxy) is 2. The van der Waals surface area contributed by atoms with E-state index in [1.807, 2.05) is 20.8 Å². The molecule has 0 aromatic rings. The first-order valence-electron chi connectivity index (χ1n) is 13.1. The largest absolute Gasteiger partial charge is 0.465 e. The molecule has 0 N–H and O–H groups in total. The Bertz CT molecular complexity index is 1210. The van der Waals surface area contributed by atoms with Gasteiger partial charge < -0.3 is 9.47 Å². The lowest BCUT2D eigenvalue weighted by molar-refractivity contribution is -0.175. The summed E-state index contributed by atoms with van der Waals surface area (Å²) in [5.41, 5.74) is -3.14. The van der Waals surface area contributed by atoms with Crippen LogP contribution in [0.2, 0.25) is 0 Å². The molecular formula is C29H35NO6. The Morgan fingerprint density at radius 3 is 2.44 bits per heavy atom. The first kappa shape index (κ1) is 24.9. The maximum absolute atomic E-state index is 14.1. The van der Waals surface area contributed by atoms with Gasteiger partial charge in [-0.2, -0.15) is 5.26 Å². The maximum Gasteiger partial charge on any atom is 0.313 e. The zero-order valence-corrected chi connectivity index (χ0v) is 22.0. The number of rotatable bonds is 3. The van der Waals surface area contributed by atoms with E-state index >= 15 is 0 Å². The normalized spacial score (nSPS) is 46.9. The zero-order valence-electron chi connectivity index (χ0n) is 22.0. The third-order valence-corrected chi connectivity index (χ3v) is 11.1. The molecule has 8 atom stereocenters. The minimum Gasteiger partial charge on any atom is -0.465 e. The third kappa shape index (κ3) is 2.63. The molecule has 0 aromatic carbocycles. The van der Waals surface area contributed by atoms with Gasteiger partial charge in [0.15, 0.2) is 17.2 Å². The van der Waals surface area contributed by atoms with Crippen molar-refractivity contribution in [1.82, 2.24) is 0 Å². The van der Waals surface area contributed by atoms with Crippen LogP contribution >= 0.6 is 0 Å². The van der Waals surface area contributed by atoms with Crippen molar-refractivity contribution >= 4 is 23.5 Å². The van der Waals surface area contributed by atoms with Crippen molar-refractivity contribution in [2.75, 3.05) is 6.61 Å². The number of carbonyl (C=O) groups is 4. The Morgan fingerprint density at radius 2 is 1.83 bits per heavy atom. The van der Waals surface area contributed by atoms with Crippen molar-refractivity contribution in [3.05, 3.63) is 23.3 Å². The maximum atomic E-state index is 14.1. The molecule has 7 nitrogen and oxygen atoms in total. The Labute approximate surface area is 212 Å². The fourth-order valence-corrected chi connectivity index (χ4v) is 9.19. The summed E-state index contributed by atoms with van der Waals surface area (Å²) < 4.78 is 11.5. The molecule has 2 saturated carbocycles. The number of ketones is 2. The van der Waals surface area contributed by atoms with Crippen LogP contribution in [-0.4, -0.2) is 35.7 Å². The Balaban J connectivity index is 1.69. The molecule has 36 heavy (non-hydrogen) atoms. The molecule has 0 amide bonds. The van der Waals surface area contributed by atoms with E-state index in [1.165, 1.54) is 6.92 Å². The van der Waals surface area contributed by atoms with Crippen molar-refractivity contribution in [1.29, 1.82) is 5.26 Å². The molecule has 0 aromatic heterocycles. The van der Waals surface area contributed by atoms with Gasteiger partial charge in [0.25, 0.3) is 0 Å². The van der Waals surface area contributed by atoms with E-state index in [1.54, 1.807) is 19.1 Å². The molecular weight excluding hydrogens is 458 g/mol. The summed E-state index contributed by atoms with van der Waals surface area (Å²) in [6.07, 6.45) is 6.83. The van der Waals surface area contributed by atoms with Crippen LogP contribution in [0.3, 0.4) is 0 Å². The van der Waals surface area contributed by atoms with Gasteiger partial charge >= 0.3 is 11.9 Å². The SMILES string of the molecule is CC[C@@]12CCC3[C@](OC1=O)(C(=O)C=C1[C@@]4(C)C=C(C#N)C(=O)[C@@](C)(COC(C)=O)C4CC[C@]13C)C2C. The van der Waals surface area contributed by atoms with Crippen molar-refractivity contribution in [3.63, 3.8) is 0 Å². The van der Waals surface area contributed by atoms with Crippen LogP contribution in [-0.2, 0) is 28.7 Å². The summed E-state index contributed by atoms with van der Waals surface area (Å²) in [4.78, 5) is 52.4. The van der Waals surface area contributed by atoms with Crippen LogP contribution in [0, 0.1) is 50.7 Å². The number of allylic oxidation sites excluding steroid dienone is 3. The quantitative estimate of drug-likeness (QED) is 0.540. The van der Waals surface area contributed by atoms with Crippen molar-refractivity contribution in [2.45, 2.75) is 79.2 Å². The lowest BCUT2D eigenvalue weighted by Crippen LogP contribution is -2.65. The number of nitriles is 1. The summed E-state index contributed by atoms with van der Waals surface area (Å²) in [5.74, 6) is -1.88. The third-order valence-electron chi connectivity index (χ3n) is 11.1. The molecule has 5 aliphatic rings. The molecule has 1 saturated heterocycles. The predicted octanol–water partition coefficient (Wildman–Crippen LogP) is 4.26. The number of hydrogen-bond donors (Lipinski definition) is 0. The fraction of sp³-hybridized carbons (Fsp3) is 0.690. The highest BCUT2D eigenvalue weighted by Gasteiger charge is 2.76. The minimum absolute atomic E-state index is 0.0376. The van der Waals surface area contributed by atoms with E-state index in [2.05, 4.69) is 13.0 Å². The Hall–Kier alpha value is -2.75. The van der Waals surface area contributed by atoms with E-state index in [0.29, 0.717) is 32.1 Å². The highest BCUT2D eigenvalue weighted by molar-refractivity contribution is 6.06. The number of hydrogen-bond acceptors (Lipinski definition) is 7. The standard InChI is InChI=1S/C29H35NO6/c1-7-28-11-9-20-25(4)10-8-19-26(5,13-18(14-30)23(33)27(19,6)15-35-17(3)31)21(25)12-22(32)29(20,16(28)2)36-24(28)34/h12-13,16,19-20H,7-11,15H2,1-6H3/t16?,19?,20?,25-,26-,27-,28-,29-/m0/s1. The molecule has 0 radical (unpaired) electrons. The van der Waals surface area contributed by atoms with Gasteiger partial charge in [-0.05, 0) is 56.4 Å². The van der Waals surface area contributed by atoms with Crippen LogP contribution < -0.4 is 0 Å². The molecule has 3 unspecified atom stereocenters. The molecule has 1 spiro atoms. The van der Waals surface area contributed by atoms with E-state index < -0.39 is 33.2 Å². The van der Waals surface area contributed by atoms with Gasteiger partial charge in [0, 0.05) is 24.2 Å². The summed E-state index contributed by atoms with van der Waals surface area (Å²) >= 11 is 0. The smallest absolute Gasteiger partial charge is 0.313 e. The van der Waals surface area contributed by atoms with E-state index in [-0.39, 0.29) is 47.5 Å². The highest BCUT2D eigenvalue weighted by atomic mass is 16.6. The topological polar surface area (TPSA) is 111 Å². The second kappa shape index (κ2) is 7.40. The molecule has 3 fully saturated rings. The monoisotopic (exact) mass is 493 g/mol. The molecule has 1 heterocycles. The van der Waals surface area contributed by atoms with Gasteiger partial charge in [-0.3, -0.25) is 19.2 Å². The van der Waals surface area contributed by atoms with Crippen molar-refractivity contribution < 1.29 is 28.7 Å². The van der Waals surface area contributed by atoms with Crippen LogP contribution in [0.15, 0.2) is 23.3 Å². The zero-order chi connectivity index (χ0) is 26.5. The Kier molecular flexibility index (Phi) is 5.12. The number of nitrogens with zero attached hydrogens (tertiary/aromatic N) is 1. The lowest BCUT2D eigenvalue weighted by Gasteiger charge is -2.63. The molecule has 4 aliphatic carbocycles. The summed E-state index contributed by atoms with van der Waals surface area (Å²) in [5, 5.41) is 9.89. The predicted molar refractivity (Wildman–Crippen MR) is 129 cm³/mol. The summed E-state index contributed by atoms with van der Waals surface area (Å²) in [7, 11) is 0. The average molecular weight is 494 g/mol. The van der Waals surface area contributed by atoms with E-state index in [4.69, 9.17) is 9.47 Å². The minimum atomic E-state index is -1.17. The van der Waals surface area contributed by atoms with Gasteiger partial charge in [0.2, 0.25) is 0 Å². The van der Waals surface area contributed by atoms with Gasteiger partial charge in [-0.1, -0.05) is 39.3 Å². The first-order chi connectivity index (χ1) is 16.8. The van der Waals surface area contributed by atoms with E-state index in [9.17, 15) is 24.4 Å². The van der Waals surface area contributed by atoms with Gasteiger partial charge in [-0.25, -0.2) is 0 Å². The van der Waals surface area contributed by atoms with Gasteiger partial charge in [0.05, 0.1) is 16.4 Å². The highest BCUT2D eigenvalue weighted by Crippen LogP contribution is 2.72. The van der Waals surface area contributed by atoms with Gasteiger partial charge in [-0.15, -0.1) is 0 Å². The van der Waals surface area contributed by atoms with Crippen LogP contribution in [0.25, 0.3) is 0 Å². The van der Waals surface area contributed by atoms with Gasteiger partial charge in [0.1, 0.15) is 12.7 Å². The number of carbonyl (C=O) groups excluding carboxylic acids is 4. The van der Waals surface area contributed by atoms with E-state index in [0.717, 1.165) is 5.57 Å². The summed E-state index contributed by atoms with van der Waals surface area (Å²) in [6, 6.07) is 2.07. The summed E-state index contributed by atoms with van der Waals surface area (Å²) in [6.45, 7) is 11.1. The second-order valence-electron chi connectivity index (χ2n) is 12.4. The van der Waals surface area contributed by atoms with Crippen LogP contribution in [0.4, 0.5) is 0 Å². The van der Waals surface area contributed by atoms with Crippen LogP contribution in [0.5, 0.6) is 0 Å². The molecule has 192 valence electrons. The molecule has 1 aliphatic heterocycles. The van der Waals surface area contributed by atoms with Crippen molar-refractivity contribution in [3.8, 4) is 6.07 Å². The first-order valence-corrected chi connectivity index (χ1v) is 13.1. The fourth-order valence-electron chi connectivity index (χ4n) is 9.19. The van der Waals surface area contributed by atoms with Crippen molar-refractivity contribution in [2.24, 2.45) is 39.4 Å². The molecule has 7 heteroatoms. The number of esters is 2. The second-order valence-corrected chi connectivity index (χ2v) is 12.4. The molecule has 2 bridgehead atoms. The Morgan fingerprint density at radius 1 is 1.17 bits per heavy atom.